The van der Waals surface area contributed by atoms with E-state index in [9.17, 15) is 4.79 Å². The van der Waals surface area contributed by atoms with Crippen LogP contribution in [0.15, 0.2) is 61.1 Å². The van der Waals surface area contributed by atoms with Crippen LogP contribution in [-0.2, 0) is 17.6 Å². The molecule has 0 radical (unpaired) electrons. The van der Waals surface area contributed by atoms with Crippen LogP contribution >= 0.6 is 0 Å². The van der Waals surface area contributed by atoms with Crippen LogP contribution in [0.5, 0.6) is 0 Å². The minimum absolute atomic E-state index is 0.00834. The van der Waals surface area contributed by atoms with Gasteiger partial charge in [0.15, 0.2) is 0 Å². The van der Waals surface area contributed by atoms with Gasteiger partial charge in [-0.1, -0.05) is 12.1 Å². The number of benzene rings is 1. The monoisotopic (exact) mass is 330 g/mol. The van der Waals surface area contributed by atoms with Crippen molar-refractivity contribution >= 4 is 27.8 Å². The summed E-state index contributed by atoms with van der Waals surface area (Å²) in [5.74, 6) is 0.00834. The molecule has 5 nitrogen and oxygen atoms in total. The number of aromatic amines is 1. The van der Waals surface area contributed by atoms with Gasteiger partial charge in [0.1, 0.15) is 0 Å². The molecule has 0 saturated heterocycles. The van der Waals surface area contributed by atoms with Crippen molar-refractivity contribution in [3.05, 3.63) is 72.2 Å². The predicted octanol–water partition coefficient (Wildman–Crippen LogP) is 3.01. The molecular formula is C20H18N4O. The Morgan fingerprint density at radius 3 is 2.92 bits per heavy atom. The lowest BCUT2D eigenvalue weighted by Gasteiger charge is -2.06. The van der Waals surface area contributed by atoms with Crippen molar-refractivity contribution in [3.63, 3.8) is 0 Å². The molecule has 0 unspecified atom stereocenters. The Balaban J connectivity index is 1.35. The molecule has 4 aromatic rings. The average Bonchev–Trinajstić information content (AvgIpc) is 3.05. The zero-order valence-electron chi connectivity index (χ0n) is 13.7. The third kappa shape index (κ3) is 3.35. The second-order valence-electron chi connectivity index (χ2n) is 6.02. The molecule has 0 bridgehead atoms. The number of hydrogen-bond donors (Lipinski definition) is 2. The van der Waals surface area contributed by atoms with Gasteiger partial charge in [-0.15, -0.1) is 0 Å². The maximum Gasteiger partial charge on any atom is 0.224 e. The normalized spacial score (nSPS) is 11.0. The lowest BCUT2D eigenvalue weighted by atomic mass is 10.1. The van der Waals surface area contributed by atoms with Crippen LogP contribution in [0.25, 0.3) is 21.9 Å². The second-order valence-corrected chi connectivity index (χ2v) is 6.02. The first-order chi connectivity index (χ1) is 12.3. The molecular weight excluding hydrogens is 312 g/mol. The van der Waals surface area contributed by atoms with Crippen LogP contribution in [0.3, 0.4) is 0 Å². The molecule has 1 amide bonds. The van der Waals surface area contributed by atoms with Crippen molar-refractivity contribution in [3.8, 4) is 0 Å². The van der Waals surface area contributed by atoms with E-state index in [0.29, 0.717) is 13.0 Å². The van der Waals surface area contributed by atoms with Gasteiger partial charge in [0.05, 0.1) is 23.0 Å². The minimum atomic E-state index is 0.00834. The molecule has 0 aliphatic carbocycles. The number of hydrogen-bond acceptors (Lipinski definition) is 3. The molecule has 5 heteroatoms. The summed E-state index contributed by atoms with van der Waals surface area (Å²) in [6.45, 7) is 0.611. The van der Waals surface area contributed by atoms with Gasteiger partial charge in [-0.05, 0) is 42.3 Å². The van der Waals surface area contributed by atoms with Crippen molar-refractivity contribution in [2.24, 2.45) is 0 Å². The highest BCUT2D eigenvalue weighted by molar-refractivity contribution is 5.86. The van der Waals surface area contributed by atoms with Gasteiger partial charge in [0.2, 0.25) is 5.91 Å². The topological polar surface area (TPSA) is 70.7 Å². The Labute approximate surface area is 145 Å². The van der Waals surface area contributed by atoms with E-state index in [1.54, 1.807) is 12.4 Å². The molecule has 124 valence electrons. The number of H-pyrrole nitrogens is 1. The fourth-order valence-corrected chi connectivity index (χ4v) is 3.01. The number of carbonyl (C=O) groups is 1. The molecule has 0 aliphatic rings. The molecule has 3 heterocycles. The van der Waals surface area contributed by atoms with Gasteiger partial charge < -0.3 is 10.3 Å². The molecule has 1 aromatic carbocycles. The van der Waals surface area contributed by atoms with Crippen LogP contribution in [0, 0.1) is 0 Å². The average molecular weight is 330 g/mol. The zero-order chi connectivity index (χ0) is 17.1. The summed E-state index contributed by atoms with van der Waals surface area (Å²) in [4.78, 5) is 24.0. The standard InChI is InChI=1S/C20H18N4O/c25-19(12-16-13-24-18-4-2-9-23-20(16)18)22-10-7-14-5-6-17-15(11-14)3-1-8-21-17/h1-6,8-9,11,13,24H,7,10,12H2,(H,22,25). The van der Waals surface area contributed by atoms with Gasteiger partial charge in [-0.25, -0.2) is 0 Å². The number of carbonyl (C=O) groups excluding carboxylic acids is 1. The van der Waals surface area contributed by atoms with Crippen LogP contribution in [0.2, 0.25) is 0 Å². The molecule has 2 N–H and O–H groups in total. The molecule has 0 atom stereocenters. The van der Waals surface area contributed by atoms with E-state index in [0.717, 1.165) is 33.9 Å². The number of pyridine rings is 2. The Morgan fingerprint density at radius 2 is 1.96 bits per heavy atom. The fraction of sp³-hybridized carbons (Fsp3) is 0.150. The van der Waals surface area contributed by atoms with Crippen LogP contribution in [0.1, 0.15) is 11.1 Å². The highest BCUT2D eigenvalue weighted by atomic mass is 16.1. The van der Waals surface area contributed by atoms with Crippen LogP contribution in [-0.4, -0.2) is 27.4 Å². The molecule has 0 fully saturated rings. The summed E-state index contributed by atoms with van der Waals surface area (Å²) < 4.78 is 0. The first-order valence-corrected chi connectivity index (χ1v) is 8.31. The highest BCUT2D eigenvalue weighted by Crippen LogP contribution is 2.15. The third-order valence-corrected chi connectivity index (χ3v) is 4.27. The van der Waals surface area contributed by atoms with Crippen LogP contribution < -0.4 is 5.32 Å². The molecule has 3 aromatic heterocycles. The summed E-state index contributed by atoms with van der Waals surface area (Å²) in [5, 5.41) is 4.11. The summed E-state index contributed by atoms with van der Waals surface area (Å²) >= 11 is 0. The summed E-state index contributed by atoms with van der Waals surface area (Å²) in [6, 6.07) is 14.0. The molecule has 0 saturated carbocycles. The molecule has 0 aliphatic heterocycles. The molecule has 0 spiro atoms. The number of fused-ring (bicyclic) bond motifs is 2. The van der Waals surface area contributed by atoms with Gasteiger partial charge in [0.25, 0.3) is 0 Å². The Morgan fingerprint density at radius 1 is 1.08 bits per heavy atom. The zero-order valence-corrected chi connectivity index (χ0v) is 13.7. The Kier molecular flexibility index (Phi) is 4.12. The van der Waals surface area contributed by atoms with Gasteiger partial charge in [-0.2, -0.15) is 0 Å². The quantitative estimate of drug-likeness (QED) is 0.591. The van der Waals surface area contributed by atoms with E-state index in [1.165, 1.54) is 5.56 Å². The van der Waals surface area contributed by atoms with Crippen molar-refractivity contribution in [2.75, 3.05) is 6.54 Å². The van der Waals surface area contributed by atoms with Crippen molar-refractivity contribution in [1.82, 2.24) is 20.3 Å². The molecule has 25 heavy (non-hydrogen) atoms. The van der Waals surface area contributed by atoms with Crippen molar-refractivity contribution in [2.45, 2.75) is 12.8 Å². The number of aromatic nitrogens is 3. The van der Waals surface area contributed by atoms with Crippen LogP contribution in [0.4, 0.5) is 0 Å². The van der Waals surface area contributed by atoms with Crippen molar-refractivity contribution < 1.29 is 4.79 Å². The van der Waals surface area contributed by atoms with E-state index in [4.69, 9.17) is 0 Å². The second kappa shape index (κ2) is 6.73. The fourth-order valence-electron chi connectivity index (χ4n) is 3.01. The van der Waals surface area contributed by atoms with E-state index < -0.39 is 0 Å². The lowest BCUT2D eigenvalue weighted by molar-refractivity contribution is -0.120. The smallest absolute Gasteiger partial charge is 0.224 e. The van der Waals surface area contributed by atoms with Gasteiger partial charge >= 0.3 is 0 Å². The molecule has 4 rings (SSSR count). The van der Waals surface area contributed by atoms with Gasteiger partial charge in [0, 0.05) is 36.1 Å². The first-order valence-electron chi connectivity index (χ1n) is 8.31. The van der Waals surface area contributed by atoms with E-state index in [-0.39, 0.29) is 5.91 Å². The van der Waals surface area contributed by atoms with E-state index in [1.807, 2.05) is 30.5 Å². The first kappa shape index (κ1) is 15.3. The van der Waals surface area contributed by atoms with E-state index >= 15 is 0 Å². The highest BCUT2D eigenvalue weighted by Gasteiger charge is 2.09. The maximum absolute atomic E-state index is 12.2. The SMILES string of the molecule is O=C(Cc1c[nH]c2cccnc12)NCCc1ccc2ncccc2c1. The van der Waals surface area contributed by atoms with E-state index in [2.05, 4.69) is 38.5 Å². The maximum atomic E-state index is 12.2. The third-order valence-electron chi connectivity index (χ3n) is 4.27. The predicted molar refractivity (Wildman–Crippen MR) is 98.3 cm³/mol. The Hall–Kier alpha value is -3.21. The summed E-state index contributed by atoms with van der Waals surface area (Å²) in [6.07, 6.45) is 6.52. The summed E-state index contributed by atoms with van der Waals surface area (Å²) in [5.41, 5.74) is 4.91. The number of nitrogens with zero attached hydrogens (tertiary/aromatic N) is 2. The Bertz CT molecular complexity index is 1040. The number of rotatable bonds is 5. The summed E-state index contributed by atoms with van der Waals surface area (Å²) in [7, 11) is 0. The largest absolute Gasteiger partial charge is 0.360 e. The lowest BCUT2D eigenvalue weighted by Crippen LogP contribution is -2.27. The van der Waals surface area contributed by atoms with Gasteiger partial charge in [-0.3, -0.25) is 14.8 Å². The van der Waals surface area contributed by atoms with Crippen molar-refractivity contribution in [1.29, 1.82) is 0 Å². The number of amides is 1. The minimum Gasteiger partial charge on any atom is -0.360 e. The number of nitrogens with one attached hydrogen (secondary N) is 2.